The SMILES string of the molecule is CN=C(NCCS(=O)(=O)c1ccc(C(C)(C)C)cc1)NCC(C)C. The van der Waals surface area contributed by atoms with Crippen LogP contribution in [-0.2, 0) is 15.3 Å². The van der Waals surface area contributed by atoms with E-state index in [2.05, 4.69) is 50.2 Å². The maximum atomic E-state index is 12.4. The molecule has 0 saturated carbocycles. The zero-order valence-corrected chi connectivity index (χ0v) is 16.5. The van der Waals surface area contributed by atoms with Crippen LogP contribution in [0.1, 0.15) is 40.2 Å². The minimum Gasteiger partial charge on any atom is -0.356 e. The van der Waals surface area contributed by atoms with Crippen molar-refractivity contribution in [3.63, 3.8) is 0 Å². The number of hydrogen-bond donors (Lipinski definition) is 2. The third-order valence-corrected chi connectivity index (χ3v) is 5.38. The molecule has 5 nitrogen and oxygen atoms in total. The van der Waals surface area contributed by atoms with Gasteiger partial charge in [0, 0.05) is 20.1 Å². The average molecular weight is 354 g/mol. The summed E-state index contributed by atoms with van der Waals surface area (Å²) in [6.07, 6.45) is 0. The van der Waals surface area contributed by atoms with Gasteiger partial charge in [-0.05, 0) is 29.0 Å². The summed E-state index contributed by atoms with van der Waals surface area (Å²) in [7, 11) is -1.63. The molecule has 0 fully saturated rings. The van der Waals surface area contributed by atoms with Crippen molar-refractivity contribution in [1.82, 2.24) is 10.6 Å². The summed E-state index contributed by atoms with van der Waals surface area (Å²) >= 11 is 0. The molecule has 1 aromatic carbocycles. The molecule has 0 spiro atoms. The molecule has 136 valence electrons. The molecule has 0 unspecified atom stereocenters. The van der Waals surface area contributed by atoms with Gasteiger partial charge in [-0.2, -0.15) is 0 Å². The lowest BCUT2D eigenvalue weighted by Crippen LogP contribution is -2.41. The predicted molar refractivity (Wildman–Crippen MR) is 101 cm³/mol. The number of benzene rings is 1. The van der Waals surface area contributed by atoms with Crippen LogP contribution in [0.2, 0.25) is 0 Å². The Labute approximate surface area is 146 Å². The van der Waals surface area contributed by atoms with Crippen molar-refractivity contribution >= 4 is 15.8 Å². The molecule has 0 amide bonds. The zero-order valence-electron chi connectivity index (χ0n) is 15.7. The molecule has 0 aromatic heterocycles. The van der Waals surface area contributed by atoms with Gasteiger partial charge in [0.1, 0.15) is 0 Å². The predicted octanol–water partition coefficient (Wildman–Crippen LogP) is 2.58. The van der Waals surface area contributed by atoms with E-state index < -0.39 is 9.84 Å². The molecule has 2 N–H and O–H groups in total. The van der Waals surface area contributed by atoms with Gasteiger partial charge in [-0.1, -0.05) is 46.8 Å². The first-order valence-electron chi connectivity index (χ1n) is 8.34. The Bertz CT molecular complexity index is 642. The first-order chi connectivity index (χ1) is 11.1. The molecule has 0 aliphatic heterocycles. The number of hydrogen-bond acceptors (Lipinski definition) is 3. The molecule has 6 heteroatoms. The molecule has 0 saturated heterocycles. The van der Waals surface area contributed by atoms with Crippen molar-refractivity contribution in [3.8, 4) is 0 Å². The van der Waals surface area contributed by atoms with Crippen LogP contribution >= 0.6 is 0 Å². The third kappa shape index (κ3) is 6.51. The molecule has 0 atom stereocenters. The van der Waals surface area contributed by atoms with Gasteiger partial charge in [0.05, 0.1) is 10.6 Å². The smallest absolute Gasteiger partial charge is 0.191 e. The summed E-state index contributed by atoms with van der Waals surface area (Å²) in [6, 6.07) is 7.18. The monoisotopic (exact) mass is 353 g/mol. The maximum Gasteiger partial charge on any atom is 0.191 e. The summed E-state index contributed by atoms with van der Waals surface area (Å²) in [4.78, 5) is 4.45. The summed E-state index contributed by atoms with van der Waals surface area (Å²) in [6.45, 7) is 11.6. The Hall–Kier alpha value is -1.56. The molecule has 1 aromatic rings. The number of rotatable bonds is 6. The molecule has 0 radical (unpaired) electrons. The van der Waals surface area contributed by atoms with E-state index in [9.17, 15) is 8.42 Å². The fourth-order valence-electron chi connectivity index (χ4n) is 2.11. The van der Waals surface area contributed by atoms with Crippen LogP contribution in [0, 0.1) is 5.92 Å². The van der Waals surface area contributed by atoms with Crippen LogP contribution in [0.4, 0.5) is 0 Å². The van der Waals surface area contributed by atoms with Crippen molar-refractivity contribution in [3.05, 3.63) is 29.8 Å². The number of sulfone groups is 1. The van der Waals surface area contributed by atoms with Crippen molar-refractivity contribution in [1.29, 1.82) is 0 Å². The molecule has 0 aliphatic carbocycles. The van der Waals surface area contributed by atoms with E-state index in [0.717, 1.165) is 12.1 Å². The first-order valence-corrected chi connectivity index (χ1v) is 9.99. The Kier molecular flexibility index (Phi) is 7.27. The molecular weight excluding hydrogens is 322 g/mol. The highest BCUT2D eigenvalue weighted by atomic mass is 32.2. The lowest BCUT2D eigenvalue weighted by atomic mass is 9.87. The van der Waals surface area contributed by atoms with E-state index in [4.69, 9.17) is 0 Å². The Balaban J connectivity index is 2.63. The Morgan fingerprint density at radius 2 is 1.71 bits per heavy atom. The quantitative estimate of drug-likeness (QED) is 0.609. The van der Waals surface area contributed by atoms with Gasteiger partial charge in [0.25, 0.3) is 0 Å². The molecule has 1 rings (SSSR count). The minimum atomic E-state index is -3.30. The second kappa shape index (κ2) is 8.51. The largest absolute Gasteiger partial charge is 0.356 e. The maximum absolute atomic E-state index is 12.4. The van der Waals surface area contributed by atoms with E-state index in [-0.39, 0.29) is 11.2 Å². The van der Waals surface area contributed by atoms with Crippen molar-refractivity contribution < 1.29 is 8.42 Å². The van der Waals surface area contributed by atoms with Gasteiger partial charge < -0.3 is 10.6 Å². The zero-order chi connectivity index (χ0) is 18.4. The third-order valence-electron chi connectivity index (χ3n) is 3.64. The van der Waals surface area contributed by atoms with Crippen LogP contribution < -0.4 is 10.6 Å². The number of nitrogens with zero attached hydrogens (tertiary/aromatic N) is 1. The van der Waals surface area contributed by atoms with Crippen LogP contribution in [0.5, 0.6) is 0 Å². The molecule has 0 bridgehead atoms. The van der Waals surface area contributed by atoms with E-state index in [1.54, 1.807) is 19.2 Å². The topological polar surface area (TPSA) is 70.6 Å². The van der Waals surface area contributed by atoms with Crippen LogP contribution in [-0.4, -0.2) is 40.3 Å². The van der Waals surface area contributed by atoms with Gasteiger partial charge in [0.2, 0.25) is 0 Å². The van der Waals surface area contributed by atoms with Gasteiger partial charge in [-0.3, -0.25) is 4.99 Å². The second-order valence-corrected chi connectivity index (χ2v) is 9.48. The van der Waals surface area contributed by atoms with E-state index in [0.29, 0.717) is 23.3 Å². The first kappa shape index (κ1) is 20.5. The Morgan fingerprint density at radius 1 is 1.12 bits per heavy atom. The van der Waals surface area contributed by atoms with Crippen molar-refractivity contribution in [2.24, 2.45) is 10.9 Å². The highest BCUT2D eigenvalue weighted by Crippen LogP contribution is 2.23. The highest BCUT2D eigenvalue weighted by Gasteiger charge is 2.17. The summed E-state index contributed by atoms with van der Waals surface area (Å²) in [5, 5.41) is 6.21. The van der Waals surface area contributed by atoms with E-state index in [1.165, 1.54) is 0 Å². The molecule has 0 heterocycles. The summed E-state index contributed by atoms with van der Waals surface area (Å²) in [5.41, 5.74) is 1.14. The van der Waals surface area contributed by atoms with E-state index in [1.807, 2.05) is 12.1 Å². The Morgan fingerprint density at radius 3 is 2.17 bits per heavy atom. The van der Waals surface area contributed by atoms with Gasteiger partial charge in [0.15, 0.2) is 15.8 Å². The van der Waals surface area contributed by atoms with Crippen LogP contribution in [0.25, 0.3) is 0 Å². The summed E-state index contributed by atoms with van der Waals surface area (Å²) < 4.78 is 24.9. The second-order valence-electron chi connectivity index (χ2n) is 7.37. The molecular formula is C18H31N3O2S. The molecule has 24 heavy (non-hydrogen) atoms. The number of guanidine groups is 1. The standard InChI is InChI=1S/C18H31N3O2S/c1-14(2)13-21-17(19-6)20-11-12-24(22,23)16-9-7-15(8-10-16)18(3,4)5/h7-10,14H,11-13H2,1-6H3,(H2,19,20,21). The van der Waals surface area contributed by atoms with E-state index >= 15 is 0 Å². The van der Waals surface area contributed by atoms with Crippen LogP contribution in [0.3, 0.4) is 0 Å². The van der Waals surface area contributed by atoms with Gasteiger partial charge in [-0.25, -0.2) is 8.42 Å². The van der Waals surface area contributed by atoms with Crippen LogP contribution in [0.15, 0.2) is 34.2 Å². The lowest BCUT2D eigenvalue weighted by molar-refractivity contribution is 0.585. The minimum absolute atomic E-state index is 0.0123. The summed E-state index contributed by atoms with van der Waals surface area (Å²) in [5.74, 6) is 1.15. The highest BCUT2D eigenvalue weighted by molar-refractivity contribution is 7.91. The van der Waals surface area contributed by atoms with Crippen molar-refractivity contribution in [2.45, 2.75) is 44.9 Å². The fourth-order valence-corrected chi connectivity index (χ4v) is 3.26. The number of nitrogens with one attached hydrogen (secondary N) is 2. The fraction of sp³-hybridized carbons (Fsp3) is 0.611. The van der Waals surface area contributed by atoms with Gasteiger partial charge in [-0.15, -0.1) is 0 Å². The van der Waals surface area contributed by atoms with Crippen molar-refractivity contribution in [2.75, 3.05) is 25.9 Å². The lowest BCUT2D eigenvalue weighted by Gasteiger charge is -2.19. The average Bonchev–Trinajstić information content (AvgIpc) is 2.49. The number of aliphatic imine (C=N–C) groups is 1. The molecule has 0 aliphatic rings. The normalized spacial score (nSPS) is 13.2. The van der Waals surface area contributed by atoms with Gasteiger partial charge >= 0.3 is 0 Å².